The summed E-state index contributed by atoms with van der Waals surface area (Å²) < 4.78 is 4.66. The summed E-state index contributed by atoms with van der Waals surface area (Å²) in [4.78, 5) is 11.0. The standard InChI is InChI=1S/C9H7BrN4OS/c10-5-1-3-6(4-2-5)12-9-7(8(11)15)13-14-16-9/h1-4,12H,(H2,11,15). The second-order valence-electron chi connectivity index (χ2n) is 2.95. The molecule has 2 aromatic rings. The quantitative estimate of drug-likeness (QED) is 0.910. The number of hydrogen-bond acceptors (Lipinski definition) is 5. The van der Waals surface area contributed by atoms with Crippen molar-refractivity contribution in [1.82, 2.24) is 9.59 Å². The van der Waals surface area contributed by atoms with E-state index in [4.69, 9.17) is 5.73 Å². The van der Waals surface area contributed by atoms with Gasteiger partial charge in [-0.2, -0.15) is 0 Å². The largest absolute Gasteiger partial charge is 0.364 e. The molecule has 0 bridgehead atoms. The van der Waals surface area contributed by atoms with E-state index in [9.17, 15) is 4.79 Å². The molecule has 7 heteroatoms. The van der Waals surface area contributed by atoms with Gasteiger partial charge in [-0.1, -0.05) is 20.4 Å². The van der Waals surface area contributed by atoms with Gasteiger partial charge in [-0.3, -0.25) is 4.79 Å². The van der Waals surface area contributed by atoms with E-state index in [1.54, 1.807) is 0 Å². The minimum Gasteiger partial charge on any atom is -0.364 e. The third-order valence-electron chi connectivity index (χ3n) is 1.82. The highest BCUT2D eigenvalue weighted by molar-refractivity contribution is 9.10. The first-order valence-electron chi connectivity index (χ1n) is 4.31. The van der Waals surface area contributed by atoms with Crippen LogP contribution in [0.1, 0.15) is 10.5 Å². The lowest BCUT2D eigenvalue weighted by molar-refractivity contribution is 0.0996. The molecule has 1 aromatic carbocycles. The second-order valence-corrected chi connectivity index (χ2v) is 4.62. The number of nitrogens with one attached hydrogen (secondary N) is 1. The van der Waals surface area contributed by atoms with E-state index in [0.29, 0.717) is 5.00 Å². The molecule has 82 valence electrons. The fourth-order valence-electron chi connectivity index (χ4n) is 1.10. The first-order chi connectivity index (χ1) is 7.66. The second kappa shape index (κ2) is 4.58. The van der Waals surface area contributed by atoms with E-state index in [1.165, 1.54) is 0 Å². The first-order valence-corrected chi connectivity index (χ1v) is 5.88. The van der Waals surface area contributed by atoms with Crippen LogP contribution >= 0.6 is 27.5 Å². The van der Waals surface area contributed by atoms with Gasteiger partial charge >= 0.3 is 0 Å². The Labute approximate surface area is 104 Å². The number of anilines is 2. The third-order valence-corrected chi connectivity index (χ3v) is 2.99. The van der Waals surface area contributed by atoms with Crippen LogP contribution in [0.2, 0.25) is 0 Å². The number of benzene rings is 1. The number of aromatic nitrogens is 2. The Morgan fingerprint density at radius 2 is 2.06 bits per heavy atom. The van der Waals surface area contributed by atoms with Crippen molar-refractivity contribution in [3.8, 4) is 0 Å². The highest BCUT2D eigenvalue weighted by Gasteiger charge is 2.13. The summed E-state index contributed by atoms with van der Waals surface area (Å²) in [5, 5.41) is 7.24. The van der Waals surface area contributed by atoms with E-state index < -0.39 is 5.91 Å². The number of nitrogens with zero attached hydrogens (tertiary/aromatic N) is 2. The molecule has 2 rings (SSSR count). The minimum absolute atomic E-state index is 0.160. The topological polar surface area (TPSA) is 80.9 Å². The number of carbonyl (C=O) groups is 1. The van der Waals surface area contributed by atoms with Crippen LogP contribution in [0.3, 0.4) is 0 Å². The summed E-state index contributed by atoms with van der Waals surface area (Å²) in [6.07, 6.45) is 0. The highest BCUT2D eigenvalue weighted by Crippen LogP contribution is 2.23. The van der Waals surface area contributed by atoms with Crippen LogP contribution in [0.25, 0.3) is 0 Å². The van der Waals surface area contributed by atoms with Gasteiger partial charge in [0.1, 0.15) is 5.00 Å². The summed E-state index contributed by atoms with van der Waals surface area (Å²) in [6.45, 7) is 0. The predicted octanol–water partition coefficient (Wildman–Crippen LogP) is 2.14. The molecule has 1 aromatic heterocycles. The number of hydrogen-bond donors (Lipinski definition) is 2. The van der Waals surface area contributed by atoms with Crippen molar-refractivity contribution in [3.63, 3.8) is 0 Å². The van der Waals surface area contributed by atoms with Crippen molar-refractivity contribution in [1.29, 1.82) is 0 Å². The molecule has 3 N–H and O–H groups in total. The maximum Gasteiger partial charge on any atom is 0.272 e. The molecule has 0 saturated heterocycles. The van der Waals surface area contributed by atoms with Crippen LogP contribution in [-0.2, 0) is 0 Å². The Hall–Kier alpha value is -1.47. The average Bonchev–Trinajstić information content (AvgIpc) is 2.69. The molecule has 16 heavy (non-hydrogen) atoms. The van der Waals surface area contributed by atoms with Gasteiger partial charge in [0.05, 0.1) is 0 Å². The molecule has 0 aliphatic rings. The van der Waals surface area contributed by atoms with Gasteiger partial charge in [0.15, 0.2) is 5.69 Å². The number of amides is 1. The van der Waals surface area contributed by atoms with Gasteiger partial charge in [-0.15, -0.1) is 5.10 Å². The number of nitrogens with two attached hydrogens (primary N) is 1. The molecule has 0 fully saturated rings. The average molecular weight is 299 g/mol. The molecule has 1 amide bonds. The van der Waals surface area contributed by atoms with E-state index in [1.807, 2.05) is 24.3 Å². The number of halogens is 1. The monoisotopic (exact) mass is 298 g/mol. The lowest BCUT2D eigenvalue weighted by Gasteiger charge is -2.03. The maximum atomic E-state index is 11.0. The fourth-order valence-corrected chi connectivity index (χ4v) is 1.96. The van der Waals surface area contributed by atoms with Crippen LogP contribution in [-0.4, -0.2) is 15.5 Å². The van der Waals surface area contributed by atoms with Crippen LogP contribution < -0.4 is 11.1 Å². The van der Waals surface area contributed by atoms with Crippen molar-refractivity contribution >= 4 is 44.1 Å². The van der Waals surface area contributed by atoms with Crippen LogP contribution in [0.15, 0.2) is 28.7 Å². The summed E-state index contributed by atoms with van der Waals surface area (Å²) in [5.41, 5.74) is 6.16. The van der Waals surface area contributed by atoms with Crippen LogP contribution in [0.5, 0.6) is 0 Å². The molecule has 0 aliphatic heterocycles. The van der Waals surface area contributed by atoms with Crippen molar-refractivity contribution < 1.29 is 4.79 Å². The normalized spacial score (nSPS) is 10.1. The van der Waals surface area contributed by atoms with Gasteiger partial charge in [0, 0.05) is 21.7 Å². The van der Waals surface area contributed by atoms with E-state index in [-0.39, 0.29) is 5.69 Å². The molecule has 0 aliphatic carbocycles. The van der Waals surface area contributed by atoms with Crippen molar-refractivity contribution in [3.05, 3.63) is 34.4 Å². The molecule has 5 nitrogen and oxygen atoms in total. The molecule has 0 spiro atoms. The Morgan fingerprint density at radius 3 is 2.69 bits per heavy atom. The lowest BCUT2D eigenvalue weighted by atomic mass is 10.3. The van der Waals surface area contributed by atoms with Crippen molar-refractivity contribution in [2.45, 2.75) is 0 Å². The summed E-state index contributed by atoms with van der Waals surface area (Å²) in [6, 6.07) is 7.52. The van der Waals surface area contributed by atoms with Gasteiger partial charge in [-0.25, -0.2) is 0 Å². The van der Waals surface area contributed by atoms with Gasteiger partial charge in [0.25, 0.3) is 5.91 Å². The van der Waals surface area contributed by atoms with Gasteiger partial charge in [-0.05, 0) is 24.3 Å². The van der Waals surface area contributed by atoms with Crippen molar-refractivity contribution in [2.75, 3.05) is 5.32 Å². The third kappa shape index (κ3) is 2.37. The molecule has 0 atom stereocenters. The smallest absolute Gasteiger partial charge is 0.272 e. The Bertz CT molecular complexity index is 510. The molecule has 0 radical (unpaired) electrons. The van der Waals surface area contributed by atoms with Crippen LogP contribution in [0, 0.1) is 0 Å². The zero-order valence-corrected chi connectivity index (χ0v) is 10.4. The Kier molecular flexibility index (Phi) is 3.16. The van der Waals surface area contributed by atoms with Crippen molar-refractivity contribution in [2.24, 2.45) is 5.73 Å². The molecular weight excluding hydrogens is 292 g/mol. The molecule has 0 unspecified atom stereocenters. The lowest BCUT2D eigenvalue weighted by Crippen LogP contribution is -2.13. The summed E-state index contributed by atoms with van der Waals surface area (Å²) in [7, 11) is 0. The highest BCUT2D eigenvalue weighted by atomic mass is 79.9. The predicted molar refractivity (Wildman–Crippen MR) is 65.9 cm³/mol. The Balaban J connectivity index is 2.23. The minimum atomic E-state index is -0.589. The molecule has 0 saturated carbocycles. The zero-order chi connectivity index (χ0) is 11.5. The summed E-state index contributed by atoms with van der Waals surface area (Å²) >= 11 is 4.43. The van der Waals surface area contributed by atoms with Gasteiger partial charge in [0.2, 0.25) is 0 Å². The number of carbonyl (C=O) groups excluding carboxylic acids is 1. The molecular formula is C9H7BrN4OS. The number of primary amides is 1. The SMILES string of the molecule is NC(=O)c1nnsc1Nc1ccc(Br)cc1. The van der Waals surface area contributed by atoms with E-state index in [2.05, 4.69) is 30.8 Å². The van der Waals surface area contributed by atoms with E-state index >= 15 is 0 Å². The van der Waals surface area contributed by atoms with Crippen LogP contribution in [0.4, 0.5) is 10.7 Å². The maximum absolute atomic E-state index is 11.0. The summed E-state index contributed by atoms with van der Waals surface area (Å²) in [5.74, 6) is -0.589. The van der Waals surface area contributed by atoms with Gasteiger partial charge < -0.3 is 11.1 Å². The fraction of sp³-hybridized carbons (Fsp3) is 0. The Morgan fingerprint density at radius 1 is 1.38 bits per heavy atom. The number of rotatable bonds is 3. The molecule has 1 heterocycles. The van der Waals surface area contributed by atoms with E-state index in [0.717, 1.165) is 21.7 Å². The zero-order valence-electron chi connectivity index (χ0n) is 7.98. The first kappa shape index (κ1) is 11.0.